The first-order chi connectivity index (χ1) is 23.7. The molecule has 2 aliphatic rings. The molecule has 50 heavy (non-hydrogen) atoms. The molecule has 2 aliphatic heterocycles. The summed E-state index contributed by atoms with van der Waals surface area (Å²) in [6.45, 7) is 15.1. The fraction of sp³-hybridized carbons (Fsp3) is 0.488. The van der Waals surface area contributed by atoms with Gasteiger partial charge in [-0.1, -0.05) is 32.9 Å². The van der Waals surface area contributed by atoms with Gasteiger partial charge in [0.25, 0.3) is 11.5 Å². The minimum Gasteiger partial charge on any atom is -0.496 e. The third-order valence-corrected chi connectivity index (χ3v) is 10.6. The Hall–Kier alpha value is -4.55. The molecule has 0 aliphatic carbocycles. The number of nitrogens with zero attached hydrogens (tertiary/aromatic N) is 5. The number of nitriles is 1. The highest BCUT2D eigenvalue weighted by Gasteiger charge is 2.32. The number of hydrogen-bond donors (Lipinski definition) is 0. The number of ether oxygens (including phenoxy) is 2. The van der Waals surface area contributed by atoms with Crippen LogP contribution in [0.25, 0.3) is 11.1 Å². The maximum atomic E-state index is 13.5. The van der Waals surface area contributed by atoms with Crippen molar-refractivity contribution in [3.8, 4) is 28.7 Å². The molecule has 1 atom stereocenters. The second-order valence-corrected chi connectivity index (χ2v) is 15.0. The van der Waals surface area contributed by atoms with E-state index >= 15 is 0 Å². The molecule has 3 aromatic rings. The molecular weight excluding hydrogens is 626 g/mol. The van der Waals surface area contributed by atoms with Crippen molar-refractivity contribution in [1.82, 2.24) is 14.4 Å². The van der Waals surface area contributed by atoms with E-state index in [0.29, 0.717) is 19.1 Å². The molecule has 0 radical (unpaired) electrons. The zero-order chi connectivity index (χ0) is 36.5. The Morgan fingerprint density at radius 3 is 2.26 bits per heavy atom. The van der Waals surface area contributed by atoms with Crippen LogP contribution in [-0.4, -0.2) is 67.2 Å². The molecule has 5 rings (SSSR count). The first kappa shape index (κ1) is 36.7. The van der Waals surface area contributed by atoms with Gasteiger partial charge in [-0.25, -0.2) is 0 Å². The van der Waals surface area contributed by atoms with Crippen LogP contribution in [0, 0.1) is 30.6 Å². The largest absolute Gasteiger partial charge is 0.496 e. The van der Waals surface area contributed by atoms with Gasteiger partial charge in [-0.3, -0.25) is 14.5 Å². The molecule has 9 nitrogen and oxygen atoms in total. The molecule has 0 N–H and O–H groups in total. The van der Waals surface area contributed by atoms with Crippen LogP contribution in [0.2, 0.25) is 0 Å². The van der Waals surface area contributed by atoms with Crippen molar-refractivity contribution in [2.45, 2.75) is 79.4 Å². The van der Waals surface area contributed by atoms with Crippen LogP contribution >= 0.6 is 0 Å². The lowest BCUT2D eigenvalue weighted by Gasteiger charge is -2.39. The van der Waals surface area contributed by atoms with Gasteiger partial charge in [0.1, 0.15) is 23.1 Å². The summed E-state index contributed by atoms with van der Waals surface area (Å²) >= 11 is 0. The summed E-state index contributed by atoms with van der Waals surface area (Å²) in [5.41, 5.74) is 8.19. The highest BCUT2D eigenvalue weighted by molar-refractivity contribution is 5.97. The lowest BCUT2D eigenvalue weighted by atomic mass is 9.90. The average Bonchev–Trinajstić information content (AvgIpc) is 3.10. The van der Waals surface area contributed by atoms with E-state index in [1.165, 1.54) is 5.56 Å². The van der Waals surface area contributed by atoms with E-state index in [4.69, 9.17) is 9.47 Å². The Kier molecular flexibility index (Phi) is 10.8. The number of pyridine rings is 1. The van der Waals surface area contributed by atoms with Crippen molar-refractivity contribution >= 4 is 11.6 Å². The highest BCUT2D eigenvalue weighted by Crippen LogP contribution is 2.38. The second-order valence-electron chi connectivity index (χ2n) is 15.0. The summed E-state index contributed by atoms with van der Waals surface area (Å²) in [5, 5.41) is 9.78. The Balaban J connectivity index is 1.29. The smallest absolute Gasteiger partial charge is 0.264 e. The molecule has 1 saturated heterocycles. The van der Waals surface area contributed by atoms with E-state index in [9.17, 15) is 14.9 Å². The molecule has 1 fully saturated rings. The topological polar surface area (TPSA) is 91.0 Å². The molecule has 0 spiro atoms. The molecule has 0 bridgehead atoms. The molecule has 1 amide bonds. The van der Waals surface area contributed by atoms with Crippen LogP contribution in [0.3, 0.4) is 0 Å². The lowest BCUT2D eigenvalue weighted by Crippen LogP contribution is -2.43. The van der Waals surface area contributed by atoms with Gasteiger partial charge in [0.15, 0.2) is 0 Å². The normalized spacial score (nSPS) is 17.3. The summed E-state index contributed by atoms with van der Waals surface area (Å²) in [4.78, 5) is 32.7. The van der Waals surface area contributed by atoms with Gasteiger partial charge in [-0.15, -0.1) is 0 Å². The SMILES string of the molecule is COc1cc(-c2cn(C)c(=O)c(C)c2C)cc(OC)c1CN1CCC(N(C)c2ccc3c(c2)C(C)N(C(=O)C(C#N)=CC(C)(C)C)CC3)CC1. The standard InChI is InChI=1S/C41H53N5O4/c1-26-27(2)39(47)43(7)24-35(26)30-19-37(49-9)36(38(20-30)50-10)25-45-16-14-32(15-17-45)44(8)33-12-11-29-13-18-46(28(3)34(29)21-33)40(48)31(23-42)22-41(4,5)6/h11-12,19-22,24,28,32H,13-18,25H2,1-10H3. The number of likely N-dealkylation sites (tertiary alicyclic amines) is 1. The number of anilines is 1. The number of methoxy groups -OCH3 is 2. The number of allylic oxidation sites excluding steroid dienone is 1. The van der Waals surface area contributed by atoms with Crippen LogP contribution in [0.4, 0.5) is 5.69 Å². The van der Waals surface area contributed by atoms with Crippen LogP contribution in [-0.2, 0) is 24.8 Å². The summed E-state index contributed by atoms with van der Waals surface area (Å²) in [5.74, 6) is 1.36. The number of aryl methyl sites for hydroxylation is 1. The van der Waals surface area contributed by atoms with Gasteiger partial charge in [-0.05, 0) is 92.0 Å². The van der Waals surface area contributed by atoms with Crippen LogP contribution in [0.5, 0.6) is 11.5 Å². The van der Waals surface area contributed by atoms with Gasteiger partial charge in [0.05, 0.1) is 25.8 Å². The van der Waals surface area contributed by atoms with Gasteiger partial charge in [0, 0.05) is 69.3 Å². The fourth-order valence-electron chi connectivity index (χ4n) is 7.49. The molecule has 9 heteroatoms. The van der Waals surface area contributed by atoms with Crippen molar-refractivity contribution in [2.75, 3.05) is 45.8 Å². The molecule has 0 saturated carbocycles. The van der Waals surface area contributed by atoms with E-state index in [1.807, 2.05) is 45.7 Å². The highest BCUT2D eigenvalue weighted by atomic mass is 16.5. The Morgan fingerprint density at radius 1 is 1.04 bits per heavy atom. The van der Waals surface area contributed by atoms with Gasteiger partial charge in [0.2, 0.25) is 0 Å². The minimum atomic E-state index is -0.254. The number of carbonyl (C=O) groups excluding carboxylic acids is 1. The number of hydrogen-bond acceptors (Lipinski definition) is 7. The maximum absolute atomic E-state index is 13.5. The van der Waals surface area contributed by atoms with E-state index in [-0.39, 0.29) is 28.5 Å². The predicted octanol–water partition coefficient (Wildman–Crippen LogP) is 6.73. The molecule has 3 heterocycles. The maximum Gasteiger partial charge on any atom is 0.264 e. The molecule has 2 aromatic carbocycles. The minimum absolute atomic E-state index is 0.00926. The number of aromatic nitrogens is 1. The summed E-state index contributed by atoms with van der Waals surface area (Å²) in [6, 6.07) is 13.2. The summed E-state index contributed by atoms with van der Waals surface area (Å²) in [7, 11) is 7.35. The molecule has 266 valence electrons. The number of carbonyl (C=O) groups is 1. The zero-order valence-corrected chi connectivity index (χ0v) is 31.5. The summed E-state index contributed by atoms with van der Waals surface area (Å²) < 4.78 is 13.5. The monoisotopic (exact) mass is 679 g/mol. The number of rotatable bonds is 8. The zero-order valence-electron chi connectivity index (χ0n) is 31.5. The van der Waals surface area contributed by atoms with Crippen molar-refractivity contribution < 1.29 is 14.3 Å². The van der Waals surface area contributed by atoms with Gasteiger partial charge >= 0.3 is 0 Å². The number of fused-ring (bicyclic) bond motifs is 1. The van der Waals surface area contributed by atoms with Crippen molar-refractivity contribution in [3.63, 3.8) is 0 Å². The first-order valence-electron chi connectivity index (χ1n) is 17.6. The van der Waals surface area contributed by atoms with Crippen molar-refractivity contribution in [2.24, 2.45) is 12.5 Å². The molecular formula is C41H53N5O4. The predicted molar refractivity (Wildman–Crippen MR) is 200 cm³/mol. The molecule has 1 aromatic heterocycles. The summed E-state index contributed by atoms with van der Waals surface area (Å²) in [6.07, 6.45) is 6.47. The lowest BCUT2D eigenvalue weighted by molar-refractivity contribution is -0.129. The van der Waals surface area contributed by atoms with Crippen LogP contribution in [0.15, 0.2) is 53.0 Å². The third kappa shape index (κ3) is 7.46. The second kappa shape index (κ2) is 14.7. The fourth-order valence-corrected chi connectivity index (χ4v) is 7.49. The van der Waals surface area contributed by atoms with Crippen LogP contribution < -0.4 is 19.9 Å². The number of amides is 1. The number of piperidine rings is 1. The number of benzene rings is 2. The van der Waals surface area contributed by atoms with Gasteiger partial charge in [-0.2, -0.15) is 5.26 Å². The third-order valence-electron chi connectivity index (χ3n) is 10.6. The van der Waals surface area contributed by atoms with Gasteiger partial charge < -0.3 is 23.8 Å². The quantitative estimate of drug-likeness (QED) is 0.193. The van der Waals surface area contributed by atoms with Crippen molar-refractivity contribution in [3.05, 3.63) is 86.3 Å². The Morgan fingerprint density at radius 2 is 1.68 bits per heavy atom. The molecule has 1 unspecified atom stereocenters. The van der Waals surface area contributed by atoms with E-state index < -0.39 is 0 Å². The Labute approximate surface area is 297 Å². The van der Waals surface area contributed by atoms with Crippen LogP contribution in [0.1, 0.15) is 74.4 Å². The van der Waals surface area contributed by atoms with E-state index in [1.54, 1.807) is 31.9 Å². The van der Waals surface area contributed by atoms with E-state index in [0.717, 1.165) is 82.9 Å². The van der Waals surface area contributed by atoms with Crippen molar-refractivity contribution in [1.29, 1.82) is 5.26 Å². The average molecular weight is 680 g/mol. The van der Waals surface area contributed by atoms with E-state index in [2.05, 4.69) is 60.2 Å². The Bertz CT molecular complexity index is 1860. The first-order valence-corrected chi connectivity index (χ1v) is 17.6.